The Hall–Kier alpha value is -2.06. The van der Waals surface area contributed by atoms with Crippen LogP contribution in [0.3, 0.4) is 0 Å². The first-order chi connectivity index (χ1) is 8.21. The molecule has 1 aromatic carbocycles. The van der Waals surface area contributed by atoms with E-state index < -0.39 is 0 Å². The molecule has 0 spiro atoms. The monoisotopic (exact) mass is 234 g/mol. The first-order valence-corrected chi connectivity index (χ1v) is 5.20. The van der Waals surface area contributed by atoms with Gasteiger partial charge in [-0.05, 0) is 18.6 Å². The Bertz CT molecular complexity index is 438. The van der Waals surface area contributed by atoms with Gasteiger partial charge in [0, 0.05) is 19.1 Å². The smallest absolute Gasteiger partial charge is 0.224 e. The van der Waals surface area contributed by atoms with Gasteiger partial charge in [-0.1, -0.05) is 0 Å². The van der Waals surface area contributed by atoms with Crippen molar-refractivity contribution in [2.75, 3.05) is 19.0 Å². The lowest BCUT2D eigenvalue weighted by Gasteiger charge is -2.10. The van der Waals surface area contributed by atoms with E-state index in [0.717, 1.165) is 0 Å². The minimum atomic E-state index is -0.193. The molecule has 1 rings (SSSR count). The maximum atomic E-state index is 11.5. The van der Waals surface area contributed by atoms with Crippen LogP contribution in [0, 0.1) is 11.3 Å². The summed E-state index contributed by atoms with van der Waals surface area (Å²) in [5, 5.41) is 20.0. The van der Waals surface area contributed by atoms with Gasteiger partial charge in [0.2, 0.25) is 5.91 Å². The van der Waals surface area contributed by atoms with Gasteiger partial charge in [-0.2, -0.15) is 5.26 Å². The number of nitrogens with one attached hydrogen (secondary N) is 1. The molecule has 5 nitrogen and oxygen atoms in total. The minimum Gasteiger partial charge on any atom is -0.495 e. The lowest BCUT2D eigenvalue weighted by Crippen LogP contribution is -2.12. The number of hydrogen-bond acceptors (Lipinski definition) is 4. The molecule has 17 heavy (non-hydrogen) atoms. The number of benzene rings is 1. The van der Waals surface area contributed by atoms with Crippen LogP contribution in [0.15, 0.2) is 18.2 Å². The van der Waals surface area contributed by atoms with E-state index in [1.807, 2.05) is 6.07 Å². The zero-order valence-electron chi connectivity index (χ0n) is 9.56. The fraction of sp³-hybridized carbons (Fsp3) is 0.333. The fourth-order valence-electron chi connectivity index (χ4n) is 1.32. The zero-order valence-corrected chi connectivity index (χ0v) is 9.56. The van der Waals surface area contributed by atoms with Crippen molar-refractivity contribution >= 4 is 11.6 Å². The number of hydrogen-bond donors (Lipinski definition) is 2. The van der Waals surface area contributed by atoms with Crippen molar-refractivity contribution in [1.29, 1.82) is 5.26 Å². The van der Waals surface area contributed by atoms with Gasteiger partial charge in [-0.15, -0.1) is 0 Å². The van der Waals surface area contributed by atoms with E-state index >= 15 is 0 Å². The molecule has 0 aliphatic carbocycles. The molecule has 5 heteroatoms. The van der Waals surface area contributed by atoms with Gasteiger partial charge in [0.1, 0.15) is 5.75 Å². The highest BCUT2D eigenvalue weighted by Crippen LogP contribution is 2.25. The predicted molar refractivity (Wildman–Crippen MR) is 62.7 cm³/mol. The number of methoxy groups -OCH3 is 1. The Kier molecular flexibility index (Phi) is 4.98. The Labute approximate surface area is 99.6 Å². The molecule has 0 aliphatic heterocycles. The number of amides is 1. The lowest BCUT2D eigenvalue weighted by atomic mass is 10.2. The third-order valence-electron chi connectivity index (χ3n) is 2.17. The molecule has 0 unspecified atom stereocenters. The van der Waals surface area contributed by atoms with E-state index in [9.17, 15) is 4.79 Å². The number of aliphatic hydroxyl groups is 1. The normalized spacial score (nSPS) is 9.47. The molecule has 0 aliphatic rings. The highest BCUT2D eigenvalue weighted by Gasteiger charge is 2.08. The molecule has 0 fully saturated rings. The second kappa shape index (κ2) is 6.51. The summed E-state index contributed by atoms with van der Waals surface area (Å²) in [4.78, 5) is 11.5. The first-order valence-electron chi connectivity index (χ1n) is 5.20. The van der Waals surface area contributed by atoms with Crippen molar-refractivity contribution in [2.45, 2.75) is 12.8 Å². The maximum Gasteiger partial charge on any atom is 0.224 e. The summed E-state index contributed by atoms with van der Waals surface area (Å²) in [6, 6.07) is 6.77. The molecule has 0 bridgehead atoms. The van der Waals surface area contributed by atoms with Gasteiger partial charge in [-0.3, -0.25) is 4.79 Å². The molecule has 2 N–H and O–H groups in total. The zero-order chi connectivity index (χ0) is 12.7. The Morgan fingerprint density at radius 1 is 1.59 bits per heavy atom. The summed E-state index contributed by atoms with van der Waals surface area (Å²) in [5.74, 6) is 0.253. The van der Waals surface area contributed by atoms with E-state index in [0.29, 0.717) is 23.4 Å². The van der Waals surface area contributed by atoms with Crippen molar-refractivity contribution < 1.29 is 14.6 Å². The number of carbonyl (C=O) groups is 1. The van der Waals surface area contributed by atoms with Crippen molar-refractivity contribution in [3.8, 4) is 11.8 Å². The second-order valence-corrected chi connectivity index (χ2v) is 3.40. The number of aliphatic hydroxyl groups excluding tert-OH is 1. The minimum absolute atomic E-state index is 0.0159. The van der Waals surface area contributed by atoms with Crippen LogP contribution in [0.5, 0.6) is 5.75 Å². The summed E-state index contributed by atoms with van der Waals surface area (Å²) in [6.45, 7) is -0.0159. The number of rotatable bonds is 5. The molecule has 0 aromatic heterocycles. The van der Waals surface area contributed by atoms with Crippen molar-refractivity contribution in [1.82, 2.24) is 0 Å². The predicted octanol–water partition coefficient (Wildman–Crippen LogP) is 1.28. The van der Waals surface area contributed by atoms with Crippen LogP contribution in [0.25, 0.3) is 0 Å². The van der Waals surface area contributed by atoms with Crippen molar-refractivity contribution in [2.24, 2.45) is 0 Å². The van der Waals surface area contributed by atoms with Gasteiger partial charge in [-0.25, -0.2) is 0 Å². The first kappa shape index (κ1) is 13.0. The van der Waals surface area contributed by atoms with Crippen LogP contribution in [-0.2, 0) is 4.79 Å². The number of nitriles is 1. The largest absolute Gasteiger partial charge is 0.495 e. The van der Waals surface area contributed by atoms with Crippen LogP contribution >= 0.6 is 0 Å². The van der Waals surface area contributed by atoms with E-state index in [1.54, 1.807) is 18.2 Å². The molecule has 1 amide bonds. The van der Waals surface area contributed by atoms with E-state index in [4.69, 9.17) is 15.1 Å². The molecule has 90 valence electrons. The SMILES string of the molecule is COc1cc(C#N)ccc1NC(=O)CCCO. The molecule has 0 saturated heterocycles. The van der Waals surface area contributed by atoms with Crippen LogP contribution < -0.4 is 10.1 Å². The lowest BCUT2D eigenvalue weighted by molar-refractivity contribution is -0.116. The average Bonchev–Trinajstić information content (AvgIpc) is 2.36. The summed E-state index contributed by atoms with van der Waals surface area (Å²) in [6.07, 6.45) is 0.671. The molecule has 0 atom stereocenters. The molecule has 0 heterocycles. The third-order valence-corrected chi connectivity index (χ3v) is 2.17. The van der Waals surface area contributed by atoms with E-state index in [1.165, 1.54) is 7.11 Å². The molecule has 0 radical (unpaired) electrons. The number of anilines is 1. The highest BCUT2D eigenvalue weighted by atomic mass is 16.5. The van der Waals surface area contributed by atoms with Gasteiger partial charge in [0.05, 0.1) is 24.4 Å². The Balaban J connectivity index is 2.77. The third kappa shape index (κ3) is 3.78. The molecular formula is C12H14N2O3. The van der Waals surface area contributed by atoms with Gasteiger partial charge < -0.3 is 15.2 Å². The van der Waals surface area contributed by atoms with Crippen LogP contribution in [0.1, 0.15) is 18.4 Å². The summed E-state index contributed by atoms with van der Waals surface area (Å²) < 4.78 is 5.08. The van der Waals surface area contributed by atoms with Gasteiger partial charge in [0.15, 0.2) is 0 Å². The van der Waals surface area contributed by atoms with Crippen LogP contribution in [0.4, 0.5) is 5.69 Å². The summed E-state index contributed by atoms with van der Waals surface area (Å²) in [7, 11) is 1.47. The quantitative estimate of drug-likeness (QED) is 0.803. The van der Waals surface area contributed by atoms with Gasteiger partial charge >= 0.3 is 0 Å². The molecule has 1 aromatic rings. The topological polar surface area (TPSA) is 82.3 Å². The van der Waals surface area contributed by atoms with Gasteiger partial charge in [0.25, 0.3) is 0 Å². The maximum absolute atomic E-state index is 11.5. The second-order valence-electron chi connectivity index (χ2n) is 3.40. The number of ether oxygens (including phenoxy) is 1. The number of carbonyl (C=O) groups excluding carboxylic acids is 1. The number of nitrogens with zero attached hydrogens (tertiary/aromatic N) is 1. The van der Waals surface area contributed by atoms with Crippen molar-refractivity contribution in [3.05, 3.63) is 23.8 Å². The van der Waals surface area contributed by atoms with E-state index in [-0.39, 0.29) is 18.9 Å². The highest BCUT2D eigenvalue weighted by molar-refractivity contribution is 5.92. The average molecular weight is 234 g/mol. The molecular weight excluding hydrogens is 220 g/mol. The summed E-state index contributed by atoms with van der Waals surface area (Å²) >= 11 is 0. The van der Waals surface area contributed by atoms with Crippen LogP contribution in [0.2, 0.25) is 0 Å². The van der Waals surface area contributed by atoms with Crippen molar-refractivity contribution in [3.63, 3.8) is 0 Å². The fourth-order valence-corrected chi connectivity index (χ4v) is 1.32. The Morgan fingerprint density at radius 2 is 2.35 bits per heavy atom. The summed E-state index contributed by atoms with van der Waals surface area (Å²) in [5.41, 5.74) is 0.990. The van der Waals surface area contributed by atoms with E-state index in [2.05, 4.69) is 5.32 Å². The molecule has 0 saturated carbocycles. The van der Waals surface area contributed by atoms with Crippen LogP contribution in [-0.4, -0.2) is 24.7 Å². The Morgan fingerprint density at radius 3 is 2.94 bits per heavy atom. The standard InChI is InChI=1S/C12H14N2O3/c1-17-11-7-9(8-13)4-5-10(11)14-12(16)3-2-6-15/h4-5,7,15H,2-3,6H2,1H3,(H,14,16).